The van der Waals surface area contributed by atoms with Crippen molar-refractivity contribution in [3.63, 3.8) is 0 Å². The van der Waals surface area contributed by atoms with Gasteiger partial charge in [-0.15, -0.1) is 5.10 Å². The minimum atomic E-state index is -1.02. The highest BCUT2D eigenvalue weighted by molar-refractivity contribution is 5.98. The molecule has 2 amide bonds. The van der Waals surface area contributed by atoms with Gasteiger partial charge in [0, 0.05) is 26.1 Å². The number of benzene rings is 2. The predicted molar refractivity (Wildman–Crippen MR) is 130 cm³/mol. The Bertz CT molecular complexity index is 1690. The normalized spacial score (nSPS) is 11.1. The molecule has 186 valence electrons. The van der Waals surface area contributed by atoms with Crippen molar-refractivity contribution in [3.05, 3.63) is 88.2 Å². The molecule has 0 atom stereocenters. The minimum absolute atomic E-state index is 0.0277. The SMILES string of the molecule is Cc1nc2cc(CNC(=O)c3cc(C(=O)NCc4ccc(C(=O)O)c(C)c4)n4nncc4n3)ccc2o1. The van der Waals surface area contributed by atoms with Crippen molar-refractivity contribution >= 4 is 34.5 Å². The molecule has 12 nitrogen and oxygen atoms in total. The van der Waals surface area contributed by atoms with Gasteiger partial charge in [-0.2, -0.15) is 4.52 Å². The molecule has 0 saturated carbocycles. The molecule has 5 aromatic rings. The number of rotatable bonds is 7. The molecule has 0 aliphatic heterocycles. The lowest BCUT2D eigenvalue weighted by molar-refractivity contribution is 0.0695. The van der Waals surface area contributed by atoms with E-state index in [-0.39, 0.29) is 35.7 Å². The Kier molecular flexibility index (Phi) is 6.05. The molecule has 3 aromatic heterocycles. The number of carbonyl (C=O) groups is 3. The van der Waals surface area contributed by atoms with Gasteiger partial charge in [0.15, 0.2) is 17.1 Å². The highest BCUT2D eigenvalue weighted by Crippen LogP contribution is 2.17. The Morgan fingerprint density at radius 2 is 1.68 bits per heavy atom. The summed E-state index contributed by atoms with van der Waals surface area (Å²) < 4.78 is 6.71. The number of carboxylic acid groups (broad SMARTS) is 1. The first-order valence-electron chi connectivity index (χ1n) is 11.3. The van der Waals surface area contributed by atoms with Crippen LogP contribution in [0.5, 0.6) is 0 Å². The molecule has 0 aliphatic carbocycles. The number of aromatic carboxylic acids is 1. The van der Waals surface area contributed by atoms with E-state index in [1.807, 2.05) is 12.1 Å². The Hall–Kier alpha value is -5.13. The summed E-state index contributed by atoms with van der Waals surface area (Å²) in [7, 11) is 0. The molecule has 0 bridgehead atoms. The number of amides is 2. The number of hydrogen-bond acceptors (Lipinski definition) is 8. The number of carbonyl (C=O) groups excluding carboxylic acids is 2. The number of aromatic nitrogens is 5. The van der Waals surface area contributed by atoms with Crippen LogP contribution >= 0.6 is 0 Å². The largest absolute Gasteiger partial charge is 0.478 e. The highest BCUT2D eigenvalue weighted by atomic mass is 16.4. The van der Waals surface area contributed by atoms with Crippen molar-refractivity contribution in [1.82, 2.24) is 35.4 Å². The highest BCUT2D eigenvalue weighted by Gasteiger charge is 2.18. The number of carboxylic acids is 1. The van der Waals surface area contributed by atoms with Crippen molar-refractivity contribution in [2.75, 3.05) is 0 Å². The van der Waals surface area contributed by atoms with Crippen LogP contribution in [0.15, 0.2) is 53.1 Å². The number of hydrogen-bond donors (Lipinski definition) is 3. The van der Waals surface area contributed by atoms with E-state index >= 15 is 0 Å². The first-order valence-corrected chi connectivity index (χ1v) is 11.3. The lowest BCUT2D eigenvalue weighted by Crippen LogP contribution is -2.28. The second-order valence-electron chi connectivity index (χ2n) is 8.39. The van der Waals surface area contributed by atoms with Crippen LogP contribution < -0.4 is 10.6 Å². The van der Waals surface area contributed by atoms with Crippen molar-refractivity contribution in [2.24, 2.45) is 0 Å². The third-order valence-corrected chi connectivity index (χ3v) is 5.72. The van der Waals surface area contributed by atoms with E-state index in [1.165, 1.54) is 22.8 Å². The summed E-state index contributed by atoms with van der Waals surface area (Å²) in [6.07, 6.45) is 1.35. The fourth-order valence-corrected chi connectivity index (χ4v) is 3.92. The molecule has 0 unspecified atom stereocenters. The monoisotopic (exact) mass is 499 g/mol. The Morgan fingerprint density at radius 3 is 2.43 bits per heavy atom. The van der Waals surface area contributed by atoms with Gasteiger partial charge in [-0.25, -0.2) is 14.8 Å². The zero-order chi connectivity index (χ0) is 26.1. The molecule has 0 fully saturated rings. The maximum Gasteiger partial charge on any atom is 0.335 e. The fraction of sp³-hybridized carbons (Fsp3) is 0.160. The zero-order valence-corrected chi connectivity index (χ0v) is 19.8. The van der Waals surface area contributed by atoms with Gasteiger partial charge in [-0.3, -0.25) is 9.59 Å². The van der Waals surface area contributed by atoms with Crippen LogP contribution in [0.1, 0.15) is 53.9 Å². The molecule has 5 rings (SSSR count). The van der Waals surface area contributed by atoms with Crippen LogP contribution in [0.25, 0.3) is 16.7 Å². The summed E-state index contributed by atoms with van der Waals surface area (Å²) in [5.41, 5.74) is 4.02. The molecule has 0 spiro atoms. The van der Waals surface area contributed by atoms with Crippen LogP contribution in [0.2, 0.25) is 0 Å². The average Bonchev–Trinajstić information content (AvgIpc) is 3.50. The molecular weight excluding hydrogens is 478 g/mol. The van der Waals surface area contributed by atoms with Crippen LogP contribution in [-0.4, -0.2) is 47.7 Å². The molecule has 3 heterocycles. The third kappa shape index (κ3) is 4.85. The van der Waals surface area contributed by atoms with Crippen LogP contribution in [-0.2, 0) is 13.1 Å². The smallest absolute Gasteiger partial charge is 0.335 e. The molecule has 0 radical (unpaired) electrons. The summed E-state index contributed by atoms with van der Waals surface area (Å²) in [6.45, 7) is 3.81. The molecular formula is C25H21N7O5. The number of oxazole rings is 1. The van der Waals surface area contributed by atoms with Gasteiger partial charge < -0.3 is 20.2 Å². The summed E-state index contributed by atoms with van der Waals surface area (Å²) in [4.78, 5) is 45.7. The Morgan fingerprint density at radius 1 is 0.946 bits per heavy atom. The summed E-state index contributed by atoms with van der Waals surface area (Å²) in [6, 6.07) is 11.6. The third-order valence-electron chi connectivity index (χ3n) is 5.72. The topological polar surface area (TPSA) is 165 Å². The van der Waals surface area contributed by atoms with Gasteiger partial charge in [-0.05, 0) is 41.8 Å². The second-order valence-corrected chi connectivity index (χ2v) is 8.39. The lowest BCUT2D eigenvalue weighted by Gasteiger charge is -2.10. The average molecular weight is 499 g/mol. The maximum absolute atomic E-state index is 13.0. The molecule has 12 heteroatoms. The van der Waals surface area contributed by atoms with Gasteiger partial charge in [0.25, 0.3) is 11.8 Å². The quantitative estimate of drug-likeness (QED) is 0.305. The predicted octanol–water partition coefficient (Wildman–Crippen LogP) is 2.44. The first-order chi connectivity index (χ1) is 17.8. The standard InChI is InChI=1S/C25H21N7O5/c1-13-7-15(3-5-17(13)25(35)36)10-27-24(34)20-9-19(30-22-12-28-31-32(20)22)23(33)26-11-16-4-6-21-18(8-16)29-14(2)37-21/h3-9,12H,10-11H2,1-2H3,(H,26,33)(H,27,34)(H,35,36). The maximum atomic E-state index is 13.0. The van der Waals surface area contributed by atoms with Gasteiger partial charge in [0.05, 0.1) is 11.8 Å². The second kappa shape index (κ2) is 9.49. The number of fused-ring (bicyclic) bond motifs is 2. The van der Waals surface area contributed by atoms with Gasteiger partial charge in [-0.1, -0.05) is 23.4 Å². The van der Waals surface area contributed by atoms with Crippen LogP contribution in [0.4, 0.5) is 0 Å². The van der Waals surface area contributed by atoms with Crippen molar-refractivity contribution in [1.29, 1.82) is 0 Å². The van der Waals surface area contributed by atoms with Crippen molar-refractivity contribution < 1.29 is 23.9 Å². The number of aryl methyl sites for hydroxylation is 2. The number of nitrogens with zero attached hydrogens (tertiary/aromatic N) is 5. The van der Waals surface area contributed by atoms with Crippen LogP contribution in [0, 0.1) is 13.8 Å². The first kappa shape index (κ1) is 23.6. The molecule has 37 heavy (non-hydrogen) atoms. The zero-order valence-electron chi connectivity index (χ0n) is 19.8. The van der Waals surface area contributed by atoms with E-state index in [2.05, 4.69) is 30.9 Å². The molecule has 0 aliphatic rings. The Labute approximate surface area is 209 Å². The van der Waals surface area contributed by atoms with Crippen molar-refractivity contribution in [2.45, 2.75) is 26.9 Å². The number of nitrogens with one attached hydrogen (secondary N) is 2. The lowest BCUT2D eigenvalue weighted by atomic mass is 10.1. The summed E-state index contributed by atoms with van der Waals surface area (Å²) in [5, 5.41) is 22.4. The molecule has 3 N–H and O–H groups in total. The van der Waals surface area contributed by atoms with E-state index in [0.29, 0.717) is 22.6 Å². The van der Waals surface area contributed by atoms with Gasteiger partial charge in [0.2, 0.25) is 0 Å². The van der Waals surface area contributed by atoms with Crippen LogP contribution in [0.3, 0.4) is 0 Å². The van der Waals surface area contributed by atoms with E-state index in [1.54, 1.807) is 32.0 Å². The molecule has 2 aromatic carbocycles. The van der Waals surface area contributed by atoms with Gasteiger partial charge >= 0.3 is 5.97 Å². The van der Waals surface area contributed by atoms with Gasteiger partial charge in [0.1, 0.15) is 16.9 Å². The fourth-order valence-electron chi connectivity index (χ4n) is 3.92. The van der Waals surface area contributed by atoms with E-state index in [4.69, 9.17) is 4.42 Å². The van der Waals surface area contributed by atoms with E-state index in [0.717, 1.165) is 11.1 Å². The summed E-state index contributed by atoms with van der Waals surface area (Å²) in [5.74, 6) is -1.44. The minimum Gasteiger partial charge on any atom is -0.478 e. The van der Waals surface area contributed by atoms with E-state index in [9.17, 15) is 19.5 Å². The van der Waals surface area contributed by atoms with E-state index < -0.39 is 17.8 Å². The van der Waals surface area contributed by atoms with Crippen molar-refractivity contribution in [3.8, 4) is 0 Å². The molecule has 0 saturated heterocycles. The Balaban J connectivity index is 1.32. The summed E-state index contributed by atoms with van der Waals surface area (Å²) >= 11 is 0.